The van der Waals surface area contributed by atoms with Gasteiger partial charge in [-0.2, -0.15) is 9.61 Å². The molecule has 0 aliphatic heterocycles. The van der Waals surface area contributed by atoms with E-state index in [1.54, 1.807) is 12.1 Å². The summed E-state index contributed by atoms with van der Waals surface area (Å²) in [5.74, 6) is -1.49. The number of hydrogen-bond acceptors (Lipinski definition) is 4. The SMILES string of the molecule is CC(C(=O)O)c1nnc2ccc(Cl)nn12. The first-order valence-corrected chi connectivity index (χ1v) is 4.58. The number of carbonyl (C=O) groups is 1. The Balaban J connectivity index is 2.61. The highest BCUT2D eigenvalue weighted by molar-refractivity contribution is 6.29. The summed E-state index contributed by atoms with van der Waals surface area (Å²) < 4.78 is 1.33. The number of carboxylic acids is 1. The van der Waals surface area contributed by atoms with Crippen molar-refractivity contribution >= 4 is 23.2 Å². The second-order valence-corrected chi connectivity index (χ2v) is 3.43. The van der Waals surface area contributed by atoms with Crippen molar-refractivity contribution in [1.82, 2.24) is 19.8 Å². The molecule has 78 valence electrons. The summed E-state index contributed by atoms with van der Waals surface area (Å²) >= 11 is 5.70. The lowest BCUT2D eigenvalue weighted by Gasteiger charge is -2.02. The van der Waals surface area contributed by atoms with Crippen LogP contribution < -0.4 is 0 Å². The maximum atomic E-state index is 10.8. The second kappa shape index (κ2) is 3.47. The molecule has 0 spiro atoms. The zero-order valence-electron chi connectivity index (χ0n) is 7.75. The van der Waals surface area contributed by atoms with Gasteiger partial charge in [-0.25, -0.2) is 0 Å². The highest BCUT2D eigenvalue weighted by Gasteiger charge is 2.20. The van der Waals surface area contributed by atoms with Crippen LogP contribution in [0.2, 0.25) is 5.15 Å². The molecule has 1 N–H and O–H groups in total. The van der Waals surface area contributed by atoms with Crippen molar-refractivity contribution in [3.8, 4) is 0 Å². The molecule has 0 radical (unpaired) electrons. The largest absolute Gasteiger partial charge is 0.481 e. The van der Waals surface area contributed by atoms with Crippen molar-refractivity contribution in [3.63, 3.8) is 0 Å². The Morgan fingerprint density at radius 1 is 1.53 bits per heavy atom. The first kappa shape index (κ1) is 9.85. The van der Waals surface area contributed by atoms with Crippen molar-refractivity contribution < 1.29 is 9.90 Å². The quantitative estimate of drug-likeness (QED) is 0.825. The van der Waals surface area contributed by atoms with Gasteiger partial charge in [-0.05, 0) is 19.1 Å². The molecule has 1 unspecified atom stereocenters. The lowest BCUT2D eigenvalue weighted by Crippen LogP contribution is -2.12. The fourth-order valence-electron chi connectivity index (χ4n) is 1.16. The minimum atomic E-state index is -0.980. The standard InChI is InChI=1S/C8H7ClN4O2/c1-4(8(14)15)7-11-10-6-3-2-5(9)12-13(6)7/h2-4H,1H3,(H,14,15). The lowest BCUT2D eigenvalue weighted by molar-refractivity contribution is -0.138. The molecule has 1 atom stereocenters. The number of halogens is 1. The molecule has 15 heavy (non-hydrogen) atoms. The number of fused-ring (bicyclic) bond motifs is 1. The van der Waals surface area contributed by atoms with Gasteiger partial charge < -0.3 is 5.11 Å². The molecular formula is C8H7ClN4O2. The smallest absolute Gasteiger partial charge is 0.314 e. The number of aromatic nitrogens is 4. The van der Waals surface area contributed by atoms with Crippen LogP contribution in [0.1, 0.15) is 18.7 Å². The molecule has 0 amide bonds. The third-order valence-corrected chi connectivity index (χ3v) is 2.21. The average molecular weight is 227 g/mol. The molecule has 0 fully saturated rings. The molecule has 6 nitrogen and oxygen atoms in total. The number of nitrogens with zero attached hydrogens (tertiary/aromatic N) is 4. The third-order valence-electron chi connectivity index (χ3n) is 2.01. The number of rotatable bonds is 2. The van der Waals surface area contributed by atoms with Crippen LogP contribution in [-0.4, -0.2) is 30.9 Å². The van der Waals surface area contributed by atoms with Crippen LogP contribution in [0.4, 0.5) is 0 Å². The molecule has 0 aliphatic rings. The van der Waals surface area contributed by atoms with Crippen LogP contribution in [0.5, 0.6) is 0 Å². The molecule has 2 aromatic heterocycles. The Morgan fingerprint density at radius 2 is 2.27 bits per heavy atom. The van der Waals surface area contributed by atoms with E-state index < -0.39 is 11.9 Å². The topological polar surface area (TPSA) is 80.4 Å². The molecule has 7 heteroatoms. The van der Waals surface area contributed by atoms with Crippen molar-refractivity contribution in [2.75, 3.05) is 0 Å². The zero-order chi connectivity index (χ0) is 11.0. The van der Waals surface area contributed by atoms with E-state index in [1.807, 2.05) is 0 Å². The van der Waals surface area contributed by atoms with Crippen LogP contribution in [-0.2, 0) is 4.79 Å². The van der Waals surface area contributed by atoms with E-state index in [4.69, 9.17) is 16.7 Å². The van der Waals surface area contributed by atoms with E-state index in [0.717, 1.165) is 0 Å². The summed E-state index contributed by atoms with van der Waals surface area (Å²) in [4.78, 5) is 10.8. The Bertz CT molecular complexity index is 524. The van der Waals surface area contributed by atoms with Crippen molar-refractivity contribution in [2.45, 2.75) is 12.8 Å². The highest BCUT2D eigenvalue weighted by atomic mass is 35.5. The van der Waals surface area contributed by atoms with Gasteiger partial charge in [0.15, 0.2) is 11.5 Å². The molecule has 2 rings (SSSR count). The first-order chi connectivity index (χ1) is 7.09. The van der Waals surface area contributed by atoms with Gasteiger partial charge in [-0.15, -0.1) is 10.2 Å². The van der Waals surface area contributed by atoms with Crippen molar-refractivity contribution in [3.05, 3.63) is 23.1 Å². The average Bonchev–Trinajstić information content (AvgIpc) is 2.59. The summed E-state index contributed by atoms with van der Waals surface area (Å²) in [5.41, 5.74) is 0.475. The van der Waals surface area contributed by atoms with Gasteiger partial charge >= 0.3 is 5.97 Å². The summed E-state index contributed by atoms with van der Waals surface area (Å²) in [6, 6.07) is 3.20. The van der Waals surface area contributed by atoms with Gasteiger partial charge in [0, 0.05) is 0 Å². The summed E-state index contributed by atoms with van der Waals surface area (Å²) in [6.07, 6.45) is 0. The van der Waals surface area contributed by atoms with Crippen LogP contribution in [0.15, 0.2) is 12.1 Å². The van der Waals surface area contributed by atoms with Gasteiger partial charge in [0.1, 0.15) is 11.1 Å². The summed E-state index contributed by atoms with van der Waals surface area (Å²) in [5, 5.41) is 20.6. The molecule has 2 heterocycles. The molecule has 0 saturated heterocycles. The van der Waals surface area contributed by atoms with E-state index in [-0.39, 0.29) is 11.0 Å². The zero-order valence-corrected chi connectivity index (χ0v) is 8.51. The maximum Gasteiger partial charge on any atom is 0.314 e. The molecule has 0 bridgehead atoms. The number of carboxylic acid groups (broad SMARTS) is 1. The third kappa shape index (κ3) is 1.63. The van der Waals surface area contributed by atoms with E-state index in [9.17, 15) is 4.79 Å². The van der Waals surface area contributed by atoms with E-state index >= 15 is 0 Å². The predicted molar refractivity (Wildman–Crippen MR) is 51.8 cm³/mol. The first-order valence-electron chi connectivity index (χ1n) is 4.20. The fourth-order valence-corrected chi connectivity index (χ4v) is 1.30. The highest BCUT2D eigenvalue weighted by Crippen LogP contribution is 2.14. The fraction of sp³-hybridized carbons (Fsp3) is 0.250. The minimum absolute atomic E-state index is 0.264. The van der Waals surface area contributed by atoms with E-state index in [2.05, 4.69) is 15.3 Å². The Kier molecular flexibility index (Phi) is 2.28. The van der Waals surface area contributed by atoms with Gasteiger partial charge in [0.2, 0.25) is 0 Å². The summed E-state index contributed by atoms with van der Waals surface area (Å²) in [6.45, 7) is 1.52. The van der Waals surface area contributed by atoms with Gasteiger partial charge in [-0.3, -0.25) is 4.79 Å². The lowest BCUT2D eigenvalue weighted by atomic mass is 10.2. The monoisotopic (exact) mass is 226 g/mol. The molecular weight excluding hydrogens is 220 g/mol. The minimum Gasteiger partial charge on any atom is -0.481 e. The predicted octanol–water partition coefficient (Wildman–Crippen LogP) is 0.966. The van der Waals surface area contributed by atoms with Crippen LogP contribution in [0.3, 0.4) is 0 Å². The maximum absolute atomic E-state index is 10.8. The number of aliphatic carboxylic acids is 1. The second-order valence-electron chi connectivity index (χ2n) is 3.04. The Hall–Kier alpha value is -1.69. The van der Waals surface area contributed by atoms with Crippen LogP contribution in [0.25, 0.3) is 5.65 Å². The van der Waals surface area contributed by atoms with Crippen molar-refractivity contribution in [2.24, 2.45) is 0 Å². The Morgan fingerprint density at radius 3 is 2.93 bits per heavy atom. The van der Waals surface area contributed by atoms with Crippen LogP contribution >= 0.6 is 11.6 Å². The molecule has 0 saturated carbocycles. The summed E-state index contributed by atoms with van der Waals surface area (Å²) in [7, 11) is 0. The molecule has 2 aromatic rings. The van der Waals surface area contributed by atoms with Gasteiger partial charge in [-0.1, -0.05) is 11.6 Å². The number of hydrogen-bond donors (Lipinski definition) is 1. The van der Waals surface area contributed by atoms with Crippen LogP contribution in [0, 0.1) is 0 Å². The van der Waals surface area contributed by atoms with Gasteiger partial charge in [0.25, 0.3) is 0 Å². The Labute approximate surface area is 89.5 Å². The normalized spacial score (nSPS) is 12.9. The molecule has 0 aromatic carbocycles. The van der Waals surface area contributed by atoms with Crippen molar-refractivity contribution in [1.29, 1.82) is 0 Å². The molecule has 0 aliphatic carbocycles. The van der Waals surface area contributed by atoms with Gasteiger partial charge in [0.05, 0.1) is 0 Å². The van der Waals surface area contributed by atoms with E-state index in [0.29, 0.717) is 5.65 Å². The van der Waals surface area contributed by atoms with E-state index in [1.165, 1.54) is 11.4 Å².